The zero-order valence-corrected chi connectivity index (χ0v) is 8.87. The van der Waals surface area contributed by atoms with Gasteiger partial charge in [-0.1, -0.05) is 31.8 Å². The van der Waals surface area contributed by atoms with Gasteiger partial charge >= 0.3 is 0 Å². The average molecular weight is 192 g/mol. The molecule has 0 aromatic carbocycles. The van der Waals surface area contributed by atoms with Gasteiger partial charge in [0.1, 0.15) is 0 Å². The molecule has 0 saturated heterocycles. The van der Waals surface area contributed by atoms with Gasteiger partial charge in [-0.15, -0.1) is 0 Å². The summed E-state index contributed by atoms with van der Waals surface area (Å²) in [5, 5.41) is 0. The van der Waals surface area contributed by atoms with E-state index in [1.54, 1.807) is 0 Å². The molecule has 1 fully saturated rings. The van der Waals surface area contributed by atoms with E-state index in [0.717, 1.165) is 12.3 Å². The Balaban J connectivity index is 1.86. The minimum Gasteiger partial charge on any atom is -0.295 e. The van der Waals surface area contributed by atoms with Crippen molar-refractivity contribution in [3.63, 3.8) is 0 Å². The summed E-state index contributed by atoms with van der Waals surface area (Å²) in [5.41, 5.74) is 0. The molecule has 2 atom stereocenters. The minimum absolute atomic E-state index is 0.399. The maximum Gasteiger partial charge on any atom is 0.158 e. The lowest BCUT2D eigenvalue weighted by Crippen LogP contribution is -1.98. The van der Waals surface area contributed by atoms with E-state index in [4.69, 9.17) is 0 Å². The van der Waals surface area contributed by atoms with Gasteiger partial charge in [0.15, 0.2) is 5.78 Å². The molecule has 78 valence electrons. The van der Waals surface area contributed by atoms with Gasteiger partial charge in [-0.05, 0) is 37.7 Å². The topological polar surface area (TPSA) is 17.1 Å². The van der Waals surface area contributed by atoms with Gasteiger partial charge in [0.25, 0.3) is 0 Å². The third-order valence-electron chi connectivity index (χ3n) is 3.52. The highest BCUT2D eigenvalue weighted by Gasteiger charge is 2.40. The van der Waals surface area contributed by atoms with Crippen molar-refractivity contribution in [2.75, 3.05) is 0 Å². The second-order valence-corrected chi connectivity index (χ2v) is 4.75. The second-order valence-electron chi connectivity index (χ2n) is 4.75. The summed E-state index contributed by atoms with van der Waals surface area (Å²) >= 11 is 0. The van der Waals surface area contributed by atoms with E-state index in [0.29, 0.717) is 11.7 Å². The molecule has 1 heteroatoms. The molecule has 0 bridgehead atoms. The molecule has 2 aliphatic carbocycles. The second kappa shape index (κ2) is 4.77. The highest BCUT2D eigenvalue weighted by Crippen LogP contribution is 2.43. The Morgan fingerprint density at radius 3 is 2.79 bits per heavy atom. The Morgan fingerprint density at radius 1 is 1.07 bits per heavy atom. The average Bonchev–Trinajstić information content (AvgIpc) is 2.92. The third-order valence-corrected chi connectivity index (χ3v) is 3.52. The number of carbonyl (C=O) groups is 1. The maximum atomic E-state index is 11.6. The quantitative estimate of drug-likeness (QED) is 0.574. The van der Waals surface area contributed by atoms with Crippen LogP contribution in [-0.2, 0) is 4.79 Å². The van der Waals surface area contributed by atoms with Gasteiger partial charge in [-0.2, -0.15) is 0 Å². The van der Waals surface area contributed by atoms with E-state index in [1.807, 2.05) is 6.08 Å². The van der Waals surface area contributed by atoms with Crippen LogP contribution in [0.4, 0.5) is 0 Å². The molecule has 0 spiro atoms. The van der Waals surface area contributed by atoms with E-state index < -0.39 is 0 Å². The molecule has 0 heterocycles. The normalized spacial score (nSPS) is 36.4. The van der Waals surface area contributed by atoms with E-state index in [9.17, 15) is 4.79 Å². The summed E-state index contributed by atoms with van der Waals surface area (Å²) in [6.07, 6.45) is 14.2. The maximum absolute atomic E-state index is 11.6. The third kappa shape index (κ3) is 2.70. The zero-order valence-electron chi connectivity index (χ0n) is 8.87. The fraction of sp³-hybridized carbons (Fsp3) is 0.769. The lowest BCUT2D eigenvalue weighted by atomic mass is 10.0. The standard InChI is InChI=1S/C13H20O/c14-13-9-7-5-3-1-2-4-6-8-11-10-12(11)13/h7,9,11-12H,1-6,8,10H2/b9-7-/t11-,12+/m0/s1. The SMILES string of the molecule is O=C1/C=C\CCCCCCC[C@H]2C[C@@H]12. The highest BCUT2D eigenvalue weighted by molar-refractivity contribution is 5.93. The zero-order chi connectivity index (χ0) is 9.80. The Morgan fingerprint density at radius 2 is 1.86 bits per heavy atom. The van der Waals surface area contributed by atoms with Crippen molar-refractivity contribution in [1.82, 2.24) is 0 Å². The van der Waals surface area contributed by atoms with Crippen LogP contribution in [0.1, 0.15) is 51.4 Å². The van der Waals surface area contributed by atoms with Crippen LogP contribution in [-0.4, -0.2) is 5.78 Å². The van der Waals surface area contributed by atoms with E-state index in [2.05, 4.69) is 6.08 Å². The highest BCUT2D eigenvalue weighted by atomic mass is 16.1. The summed E-state index contributed by atoms with van der Waals surface area (Å²) in [4.78, 5) is 11.6. The van der Waals surface area contributed by atoms with Crippen LogP contribution in [0.3, 0.4) is 0 Å². The Bertz CT molecular complexity index is 229. The fourth-order valence-corrected chi connectivity index (χ4v) is 2.44. The van der Waals surface area contributed by atoms with Crippen LogP contribution in [0, 0.1) is 11.8 Å². The van der Waals surface area contributed by atoms with Gasteiger partial charge in [-0.3, -0.25) is 4.79 Å². The van der Waals surface area contributed by atoms with Crippen LogP contribution in [0.2, 0.25) is 0 Å². The van der Waals surface area contributed by atoms with Crippen molar-refractivity contribution in [3.8, 4) is 0 Å². The Hall–Kier alpha value is -0.590. The van der Waals surface area contributed by atoms with Crippen molar-refractivity contribution in [2.24, 2.45) is 11.8 Å². The predicted octanol–water partition coefficient (Wildman–Crippen LogP) is 3.49. The van der Waals surface area contributed by atoms with Crippen molar-refractivity contribution in [2.45, 2.75) is 51.4 Å². The fourth-order valence-electron chi connectivity index (χ4n) is 2.44. The number of hydrogen-bond acceptors (Lipinski definition) is 1. The van der Waals surface area contributed by atoms with Crippen LogP contribution in [0.25, 0.3) is 0 Å². The lowest BCUT2D eigenvalue weighted by Gasteiger charge is -2.02. The smallest absolute Gasteiger partial charge is 0.158 e. The molecule has 1 nitrogen and oxygen atoms in total. The van der Waals surface area contributed by atoms with Gasteiger partial charge in [0.2, 0.25) is 0 Å². The first kappa shape index (κ1) is 9.95. The molecule has 1 saturated carbocycles. The van der Waals surface area contributed by atoms with Crippen LogP contribution in [0.15, 0.2) is 12.2 Å². The molecule has 0 amide bonds. The Labute approximate surface area is 86.6 Å². The van der Waals surface area contributed by atoms with Crippen molar-refractivity contribution in [3.05, 3.63) is 12.2 Å². The Kier molecular flexibility index (Phi) is 3.39. The molecule has 0 unspecified atom stereocenters. The van der Waals surface area contributed by atoms with Gasteiger partial charge in [-0.25, -0.2) is 0 Å². The molecule has 0 aromatic heterocycles. The number of carbonyl (C=O) groups excluding carboxylic acids is 1. The number of allylic oxidation sites excluding steroid dienone is 2. The molecular weight excluding hydrogens is 172 g/mol. The first-order valence-electron chi connectivity index (χ1n) is 6.08. The van der Waals surface area contributed by atoms with E-state index in [-0.39, 0.29) is 0 Å². The molecule has 2 rings (SSSR count). The molecule has 0 aliphatic heterocycles. The monoisotopic (exact) mass is 192 g/mol. The molecule has 2 aliphatic rings. The summed E-state index contributed by atoms with van der Waals surface area (Å²) < 4.78 is 0. The van der Waals surface area contributed by atoms with Crippen LogP contribution in [0.5, 0.6) is 0 Å². The van der Waals surface area contributed by atoms with E-state index in [1.165, 1.54) is 44.9 Å². The summed E-state index contributed by atoms with van der Waals surface area (Å²) in [7, 11) is 0. The van der Waals surface area contributed by atoms with Crippen molar-refractivity contribution < 1.29 is 4.79 Å². The molecule has 14 heavy (non-hydrogen) atoms. The predicted molar refractivity (Wildman–Crippen MR) is 58.1 cm³/mol. The number of fused-ring (bicyclic) bond motifs is 1. The molecule has 0 N–H and O–H groups in total. The minimum atomic E-state index is 0.399. The first-order chi connectivity index (χ1) is 6.88. The number of ketones is 1. The summed E-state index contributed by atoms with van der Waals surface area (Å²) in [6.45, 7) is 0. The van der Waals surface area contributed by atoms with Crippen molar-refractivity contribution in [1.29, 1.82) is 0 Å². The van der Waals surface area contributed by atoms with Crippen molar-refractivity contribution >= 4 is 5.78 Å². The van der Waals surface area contributed by atoms with Gasteiger partial charge in [0.05, 0.1) is 0 Å². The first-order valence-corrected chi connectivity index (χ1v) is 6.08. The number of hydrogen-bond donors (Lipinski definition) is 0. The molecule has 0 aromatic rings. The van der Waals surface area contributed by atoms with Gasteiger partial charge < -0.3 is 0 Å². The van der Waals surface area contributed by atoms with E-state index >= 15 is 0 Å². The number of rotatable bonds is 0. The lowest BCUT2D eigenvalue weighted by molar-refractivity contribution is -0.116. The summed E-state index contributed by atoms with van der Waals surface area (Å²) in [5.74, 6) is 1.55. The molecular formula is C13H20O. The molecule has 0 radical (unpaired) electrons. The van der Waals surface area contributed by atoms with Crippen LogP contribution >= 0.6 is 0 Å². The summed E-state index contributed by atoms with van der Waals surface area (Å²) in [6, 6.07) is 0. The van der Waals surface area contributed by atoms with Gasteiger partial charge in [0, 0.05) is 5.92 Å². The largest absolute Gasteiger partial charge is 0.295 e. The van der Waals surface area contributed by atoms with Crippen LogP contribution < -0.4 is 0 Å².